The zero-order valence-corrected chi connectivity index (χ0v) is 29.4. The topological polar surface area (TPSA) is 174 Å². The Balaban J connectivity index is 0.000000198. The number of hydrogen-bond donors (Lipinski definition) is 2. The van der Waals surface area contributed by atoms with E-state index in [4.69, 9.17) is 24.7 Å². The molecule has 0 bridgehead atoms. The molecule has 0 unspecified atom stereocenters. The molecule has 53 heavy (non-hydrogen) atoms. The van der Waals surface area contributed by atoms with Crippen molar-refractivity contribution < 1.29 is 42.1 Å². The second-order valence-corrected chi connectivity index (χ2v) is 12.5. The van der Waals surface area contributed by atoms with Gasteiger partial charge in [-0.15, -0.1) is 0 Å². The van der Waals surface area contributed by atoms with Crippen molar-refractivity contribution in [1.29, 1.82) is 0 Å². The van der Waals surface area contributed by atoms with E-state index in [1.54, 1.807) is 41.2 Å². The van der Waals surface area contributed by atoms with Gasteiger partial charge in [-0.1, -0.05) is 6.07 Å². The predicted octanol–water partition coefficient (Wildman–Crippen LogP) is 5.98. The lowest BCUT2D eigenvalue weighted by Crippen LogP contribution is -2.18. The van der Waals surface area contributed by atoms with E-state index in [0.717, 1.165) is 61.9 Å². The lowest BCUT2D eigenvalue weighted by molar-refractivity contribution is 0.0517. The number of nitrogens with one attached hydrogen (secondary N) is 1. The summed E-state index contributed by atoms with van der Waals surface area (Å²) < 4.78 is 50.1. The molecule has 2 aliphatic rings. The first-order chi connectivity index (χ1) is 25.6. The summed E-state index contributed by atoms with van der Waals surface area (Å²) in [5.41, 5.74) is 9.76. The maximum atomic E-state index is 12.9. The molecular formula is C37H41F2N7O7. The Morgan fingerprint density at radius 1 is 0.830 bits per heavy atom. The van der Waals surface area contributed by atoms with Crippen LogP contribution in [0.3, 0.4) is 0 Å². The Kier molecular flexibility index (Phi) is 11.9. The number of ether oxygens (including phenoxy) is 4. The number of nitrogens with zero attached hydrogens (tertiary/aromatic N) is 5. The quantitative estimate of drug-likeness (QED) is 0.171. The molecule has 5 aromatic heterocycles. The van der Waals surface area contributed by atoms with E-state index in [0.29, 0.717) is 42.5 Å². The Hall–Kier alpha value is -5.48. The molecule has 3 N–H and O–H groups in total. The standard InChI is InChI=1S/C22H22F2N4O4.C15H19N3O3/c1-2-32-22(30)15-12-28-14(10-18(27-28)13-6-8-31-9-7-13)11-19(15)26-21(29)17-5-3-4-16(25-17)20(23)24;1-2-21-15(19)12-9-18-11(7-13(12)16)8-14(17-18)10-3-5-20-6-4-10/h3-5,10-13,20H,2,6-9H2,1H3,(H,26,29);7-10H,2-6,16H2,1H3. The molecule has 1 amide bonds. The second-order valence-electron chi connectivity index (χ2n) is 12.5. The summed E-state index contributed by atoms with van der Waals surface area (Å²) in [6.07, 6.45) is 3.99. The van der Waals surface area contributed by atoms with Gasteiger partial charge in [0, 0.05) is 56.3 Å². The third-order valence-electron chi connectivity index (χ3n) is 9.01. The molecule has 2 aliphatic heterocycles. The van der Waals surface area contributed by atoms with Crippen LogP contribution >= 0.6 is 0 Å². The molecule has 7 rings (SSSR count). The Morgan fingerprint density at radius 2 is 1.36 bits per heavy atom. The lowest BCUT2D eigenvalue weighted by Gasteiger charge is -2.19. The van der Waals surface area contributed by atoms with Crippen LogP contribution in [0.5, 0.6) is 0 Å². The van der Waals surface area contributed by atoms with Crippen molar-refractivity contribution in [2.24, 2.45) is 0 Å². The molecule has 0 atom stereocenters. The highest BCUT2D eigenvalue weighted by molar-refractivity contribution is 6.07. The van der Waals surface area contributed by atoms with E-state index in [1.807, 2.05) is 12.1 Å². The number of carbonyl (C=O) groups is 3. The van der Waals surface area contributed by atoms with Crippen LogP contribution in [0.15, 0.2) is 54.9 Å². The first kappa shape index (κ1) is 37.3. The molecule has 16 heteroatoms. The summed E-state index contributed by atoms with van der Waals surface area (Å²) in [5, 5.41) is 11.8. The van der Waals surface area contributed by atoms with Gasteiger partial charge in [0.1, 0.15) is 22.5 Å². The number of alkyl halides is 2. The normalized spacial score (nSPS) is 15.3. The Morgan fingerprint density at radius 3 is 1.91 bits per heavy atom. The summed E-state index contributed by atoms with van der Waals surface area (Å²) in [5.74, 6) is -1.12. The van der Waals surface area contributed by atoms with Gasteiger partial charge in [-0.3, -0.25) is 4.79 Å². The van der Waals surface area contributed by atoms with Crippen LogP contribution in [0, 0.1) is 0 Å². The highest BCUT2D eigenvalue weighted by Gasteiger charge is 2.24. The molecule has 2 fully saturated rings. The van der Waals surface area contributed by atoms with Crippen LogP contribution in [-0.2, 0) is 18.9 Å². The van der Waals surface area contributed by atoms with Crippen LogP contribution in [-0.4, -0.2) is 81.7 Å². The SMILES string of the molecule is CCOC(=O)c1cn2nc(C3CCOCC3)cc2cc1N.CCOC(=O)c1cn2nc(C3CCOCC3)cc2cc1NC(=O)c1cccc(C(F)F)n1. The van der Waals surface area contributed by atoms with Gasteiger partial charge in [0.05, 0.1) is 41.3 Å². The monoisotopic (exact) mass is 733 g/mol. The van der Waals surface area contributed by atoms with Crippen LogP contribution in [0.1, 0.15) is 106 Å². The summed E-state index contributed by atoms with van der Waals surface area (Å²) >= 11 is 0. The van der Waals surface area contributed by atoms with Gasteiger partial charge in [-0.05, 0) is 75.9 Å². The molecule has 0 spiro atoms. The zero-order chi connectivity index (χ0) is 37.5. The van der Waals surface area contributed by atoms with Gasteiger partial charge in [0.2, 0.25) is 0 Å². The summed E-state index contributed by atoms with van der Waals surface area (Å²) in [6.45, 7) is 6.79. The number of fused-ring (bicyclic) bond motifs is 2. The summed E-state index contributed by atoms with van der Waals surface area (Å²) in [4.78, 5) is 40.8. The van der Waals surface area contributed by atoms with Crippen LogP contribution in [0.25, 0.3) is 11.0 Å². The smallest absolute Gasteiger partial charge is 0.341 e. The Labute approximate surface area is 303 Å². The molecule has 2 saturated heterocycles. The van der Waals surface area contributed by atoms with E-state index < -0.39 is 30.0 Å². The number of amides is 1. The minimum absolute atomic E-state index is 0.0966. The molecular weight excluding hydrogens is 692 g/mol. The van der Waals surface area contributed by atoms with Crippen molar-refractivity contribution in [3.05, 3.63) is 88.8 Å². The van der Waals surface area contributed by atoms with Crippen LogP contribution < -0.4 is 11.1 Å². The number of pyridine rings is 3. The molecule has 5 aromatic rings. The van der Waals surface area contributed by atoms with Crippen molar-refractivity contribution in [3.63, 3.8) is 0 Å². The third-order valence-corrected chi connectivity index (χ3v) is 9.01. The highest BCUT2D eigenvalue weighted by Crippen LogP contribution is 2.30. The number of aromatic nitrogens is 5. The fourth-order valence-corrected chi connectivity index (χ4v) is 6.26. The van der Waals surface area contributed by atoms with Crippen molar-refractivity contribution in [2.75, 3.05) is 50.7 Å². The van der Waals surface area contributed by atoms with Gasteiger partial charge in [-0.25, -0.2) is 32.4 Å². The van der Waals surface area contributed by atoms with Crippen molar-refractivity contribution in [2.45, 2.75) is 57.8 Å². The Bertz CT molecular complexity index is 2090. The van der Waals surface area contributed by atoms with E-state index in [9.17, 15) is 23.2 Å². The average Bonchev–Trinajstić information content (AvgIpc) is 3.79. The number of esters is 2. The van der Waals surface area contributed by atoms with Gasteiger partial charge < -0.3 is 30.0 Å². The maximum absolute atomic E-state index is 12.9. The number of nitrogens with two attached hydrogens (primary N) is 1. The summed E-state index contributed by atoms with van der Waals surface area (Å²) in [7, 11) is 0. The minimum atomic E-state index is -2.80. The van der Waals surface area contributed by atoms with E-state index in [-0.39, 0.29) is 29.5 Å². The first-order valence-corrected chi connectivity index (χ1v) is 17.5. The van der Waals surface area contributed by atoms with Gasteiger partial charge in [-0.2, -0.15) is 10.2 Å². The summed E-state index contributed by atoms with van der Waals surface area (Å²) in [6, 6.07) is 11.1. The van der Waals surface area contributed by atoms with Crippen LogP contribution in [0.2, 0.25) is 0 Å². The molecule has 0 aromatic carbocycles. The number of rotatable bonds is 9. The maximum Gasteiger partial charge on any atom is 0.341 e. The fraction of sp³-hybridized carbons (Fsp3) is 0.405. The first-order valence-electron chi connectivity index (χ1n) is 17.5. The van der Waals surface area contributed by atoms with Crippen LogP contribution in [0.4, 0.5) is 20.2 Å². The fourth-order valence-electron chi connectivity index (χ4n) is 6.26. The van der Waals surface area contributed by atoms with Crippen molar-refractivity contribution in [3.8, 4) is 0 Å². The molecule has 280 valence electrons. The molecule has 0 aliphatic carbocycles. The predicted molar refractivity (Wildman–Crippen MR) is 189 cm³/mol. The molecule has 0 radical (unpaired) electrons. The third kappa shape index (κ3) is 8.77. The van der Waals surface area contributed by atoms with Gasteiger partial charge in [0.15, 0.2) is 0 Å². The number of hydrogen-bond acceptors (Lipinski definition) is 11. The molecule has 14 nitrogen and oxygen atoms in total. The van der Waals surface area contributed by atoms with Crippen molar-refractivity contribution in [1.82, 2.24) is 24.2 Å². The van der Waals surface area contributed by atoms with E-state index in [2.05, 4.69) is 20.5 Å². The van der Waals surface area contributed by atoms with E-state index >= 15 is 0 Å². The zero-order valence-electron chi connectivity index (χ0n) is 29.4. The number of halogens is 2. The highest BCUT2D eigenvalue weighted by atomic mass is 19.3. The molecule has 7 heterocycles. The van der Waals surface area contributed by atoms with Gasteiger partial charge >= 0.3 is 11.9 Å². The number of anilines is 2. The lowest BCUT2D eigenvalue weighted by atomic mass is 9.97. The van der Waals surface area contributed by atoms with Crippen molar-refractivity contribution >= 4 is 40.3 Å². The largest absolute Gasteiger partial charge is 0.462 e. The number of carbonyl (C=O) groups excluding carboxylic acids is 3. The second kappa shape index (κ2) is 16.9. The average molecular weight is 734 g/mol. The van der Waals surface area contributed by atoms with E-state index in [1.165, 1.54) is 18.3 Å². The molecule has 0 saturated carbocycles. The number of nitrogen functional groups attached to an aromatic ring is 1. The minimum Gasteiger partial charge on any atom is -0.462 e. The van der Waals surface area contributed by atoms with Gasteiger partial charge in [0.25, 0.3) is 12.3 Å².